The number of aryl methyl sites for hydroxylation is 1. The molecule has 1 heterocycles. The van der Waals surface area contributed by atoms with Crippen LogP contribution in [0.4, 0.5) is 0 Å². The Bertz CT molecular complexity index is 566. The third kappa shape index (κ3) is 3.45. The fourth-order valence-electron chi connectivity index (χ4n) is 1.84. The first-order valence-corrected chi connectivity index (χ1v) is 7.89. The molecule has 0 fully saturated rings. The van der Waals surface area contributed by atoms with Gasteiger partial charge < -0.3 is 5.32 Å². The number of thiophene rings is 1. The summed E-state index contributed by atoms with van der Waals surface area (Å²) < 4.78 is 0.962. The molecule has 1 unspecified atom stereocenters. The number of halogens is 1. The topological polar surface area (TPSA) is 29.1 Å². The number of carbonyl (C=O) groups excluding carboxylic acids is 1. The molecule has 0 spiro atoms. The van der Waals surface area contributed by atoms with Crippen LogP contribution in [0.25, 0.3) is 0 Å². The molecule has 1 N–H and O–H groups in total. The highest BCUT2D eigenvalue weighted by Crippen LogP contribution is 2.23. The number of hydrogen-bond acceptors (Lipinski definition) is 2. The average molecular weight is 338 g/mol. The van der Waals surface area contributed by atoms with E-state index in [1.54, 1.807) is 11.3 Å². The van der Waals surface area contributed by atoms with Gasteiger partial charge >= 0.3 is 0 Å². The number of hydrogen-bond donors (Lipinski definition) is 1. The van der Waals surface area contributed by atoms with Crippen LogP contribution in [0.2, 0.25) is 0 Å². The van der Waals surface area contributed by atoms with Gasteiger partial charge in [0.25, 0.3) is 5.91 Å². The van der Waals surface area contributed by atoms with E-state index in [1.807, 2.05) is 36.6 Å². The van der Waals surface area contributed by atoms with Gasteiger partial charge in [-0.1, -0.05) is 35.0 Å². The zero-order valence-electron chi connectivity index (χ0n) is 10.9. The summed E-state index contributed by atoms with van der Waals surface area (Å²) >= 11 is 5.13. The Balaban J connectivity index is 2.13. The molecular weight excluding hydrogens is 322 g/mol. The third-order valence-electron chi connectivity index (χ3n) is 3.03. The van der Waals surface area contributed by atoms with Gasteiger partial charge in [0.2, 0.25) is 0 Å². The van der Waals surface area contributed by atoms with Crippen LogP contribution >= 0.6 is 27.3 Å². The fraction of sp³-hybridized carbons (Fsp3) is 0.267. The van der Waals surface area contributed by atoms with Crippen LogP contribution in [0.5, 0.6) is 0 Å². The lowest BCUT2D eigenvalue weighted by atomic mass is 10.1. The van der Waals surface area contributed by atoms with E-state index in [4.69, 9.17) is 0 Å². The molecule has 1 aromatic heterocycles. The van der Waals surface area contributed by atoms with Gasteiger partial charge in [0.05, 0.1) is 6.04 Å². The molecule has 0 saturated heterocycles. The van der Waals surface area contributed by atoms with Crippen molar-refractivity contribution in [2.24, 2.45) is 0 Å². The normalized spacial score (nSPS) is 12.2. The quantitative estimate of drug-likeness (QED) is 0.860. The van der Waals surface area contributed by atoms with Crippen LogP contribution in [-0.2, 0) is 0 Å². The number of carbonyl (C=O) groups is 1. The van der Waals surface area contributed by atoms with Crippen molar-refractivity contribution in [2.45, 2.75) is 26.3 Å². The monoisotopic (exact) mass is 337 g/mol. The van der Waals surface area contributed by atoms with E-state index >= 15 is 0 Å². The maximum absolute atomic E-state index is 12.2. The zero-order chi connectivity index (χ0) is 13.8. The molecule has 0 bridgehead atoms. The fourth-order valence-corrected chi connectivity index (χ4v) is 3.08. The van der Waals surface area contributed by atoms with Gasteiger partial charge in [-0.05, 0) is 42.5 Å². The second-order valence-electron chi connectivity index (χ2n) is 4.41. The molecule has 1 atom stereocenters. The van der Waals surface area contributed by atoms with Crippen molar-refractivity contribution in [3.8, 4) is 0 Å². The van der Waals surface area contributed by atoms with Crippen molar-refractivity contribution >= 4 is 33.2 Å². The standard InChI is InChI=1S/C15H16BrNOS/c1-3-13(14-5-4-8-19-14)17-15(18)11-7-6-10(2)12(16)9-11/h4-9,13H,3H2,1-2H3,(H,17,18). The molecule has 2 nitrogen and oxygen atoms in total. The lowest BCUT2D eigenvalue weighted by molar-refractivity contribution is 0.0936. The molecule has 1 amide bonds. The zero-order valence-corrected chi connectivity index (χ0v) is 13.3. The van der Waals surface area contributed by atoms with Gasteiger partial charge in [0, 0.05) is 14.9 Å². The molecule has 2 rings (SSSR count). The van der Waals surface area contributed by atoms with Crippen molar-refractivity contribution < 1.29 is 4.79 Å². The summed E-state index contributed by atoms with van der Waals surface area (Å²) in [7, 11) is 0. The average Bonchev–Trinajstić information content (AvgIpc) is 2.92. The van der Waals surface area contributed by atoms with E-state index in [0.717, 1.165) is 16.5 Å². The van der Waals surface area contributed by atoms with Gasteiger partial charge in [-0.2, -0.15) is 0 Å². The van der Waals surface area contributed by atoms with Gasteiger partial charge in [-0.3, -0.25) is 4.79 Å². The maximum Gasteiger partial charge on any atom is 0.251 e. The van der Waals surface area contributed by atoms with E-state index in [2.05, 4.69) is 34.2 Å². The summed E-state index contributed by atoms with van der Waals surface area (Å²) in [6.07, 6.45) is 0.888. The SMILES string of the molecule is CCC(NC(=O)c1ccc(C)c(Br)c1)c1cccs1. The predicted octanol–water partition coefficient (Wildman–Crippen LogP) is 4.70. The minimum Gasteiger partial charge on any atom is -0.344 e. The summed E-state index contributed by atoms with van der Waals surface area (Å²) in [6, 6.07) is 9.84. The molecule has 2 aromatic rings. The first kappa shape index (κ1) is 14.3. The summed E-state index contributed by atoms with van der Waals surface area (Å²) in [4.78, 5) is 13.4. The van der Waals surface area contributed by atoms with Crippen molar-refractivity contribution in [2.75, 3.05) is 0 Å². The van der Waals surface area contributed by atoms with Crippen LogP contribution in [0, 0.1) is 6.92 Å². The Hall–Kier alpha value is -1.13. The Morgan fingerprint density at radius 3 is 2.79 bits per heavy atom. The Labute approximate surface area is 126 Å². The third-order valence-corrected chi connectivity index (χ3v) is 4.87. The molecule has 0 saturated carbocycles. The van der Waals surface area contributed by atoms with E-state index in [1.165, 1.54) is 4.88 Å². The van der Waals surface area contributed by atoms with Crippen molar-refractivity contribution in [1.82, 2.24) is 5.32 Å². The number of amides is 1. The highest BCUT2D eigenvalue weighted by molar-refractivity contribution is 9.10. The van der Waals surface area contributed by atoms with Gasteiger partial charge in [0.15, 0.2) is 0 Å². The van der Waals surface area contributed by atoms with Crippen LogP contribution in [0.1, 0.15) is 40.2 Å². The second-order valence-corrected chi connectivity index (χ2v) is 6.25. The van der Waals surface area contributed by atoms with Gasteiger partial charge in [-0.15, -0.1) is 11.3 Å². The smallest absolute Gasteiger partial charge is 0.251 e. The number of benzene rings is 1. The molecule has 100 valence electrons. The van der Waals surface area contributed by atoms with Crippen LogP contribution in [-0.4, -0.2) is 5.91 Å². The lowest BCUT2D eigenvalue weighted by Gasteiger charge is -2.15. The minimum atomic E-state index is -0.0269. The first-order chi connectivity index (χ1) is 9.11. The Morgan fingerprint density at radius 2 is 2.21 bits per heavy atom. The molecule has 0 aliphatic carbocycles. The Morgan fingerprint density at radius 1 is 1.42 bits per heavy atom. The van der Waals surface area contributed by atoms with Gasteiger partial charge in [-0.25, -0.2) is 0 Å². The second kappa shape index (κ2) is 6.35. The molecule has 0 aliphatic rings. The summed E-state index contributed by atoms with van der Waals surface area (Å²) in [5.41, 5.74) is 1.81. The van der Waals surface area contributed by atoms with E-state index in [9.17, 15) is 4.79 Å². The van der Waals surface area contributed by atoms with Crippen molar-refractivity contribution in [3.05, 3.63) is 56.2 Å². The van der Waals surface area contributed by atoms with E-state index in [-0.39, 0.29) is 11.9 Å². The predicted molar refractivity (Wildman–Crippen MR) is 83.7 cm³/mol. The van der Waals surface area contributed by atoms with Crippen molar-refractivity contribution in [1.29, 1.82) is 0 Å². The highest BCUT2D eigenvalue weighted by Gasteiger charge is 2.15. The molecule has 1 aromatic carbocycles. The summed E-state index contributed by atoms with van der Waals surface area (Å²) in [5.74, 6) is -0.0269. The van der Waals surface area contributed by atoms with Crippen LogP contribution in [0.3, 0.4) is 0 Å². The molecular formula is C15H16BrNOS. The molecule has 4 heteroatoms. The molecule has 19 heavy (non-hydrogen) atoms. The van der Waals surface area contributed by atoms with Crippen molar-refractivity contribution in [3.63, 3.8) is 0 Å². The van der Waals surface area contributed by atoms with Gasteiger partial charge in [0.1, 0.15) is 0 Å². The highest BCUT2D eigenvalue weighted by atomic mass is 79.9. The maximum atomic E-state index is 12.2. The lowest BCUT2D eigenvalue weighted by Crippen LogP contribution is -2.27. The van der Waals surface area contributed by atoms with E-state index < -0.39 is 0 Å². The largest absolute Gasteiger partial charge is 0.344 e. The van der Waals surface area contributed by atoms with E-state index in [0.29, 0.717) is 5.56 Å². The first-order valence-electron chi connectivity index (χ1n) is 6.22. The molecule has 0 aliphatic heterocycles. The Kier molecular flexibility index (Phi) is 4.77. The number of nitrogens with one attached hydrogen (secondary N) is 1. The van der Waals surface area contributed by atoms with Crippen LogP contribution in [0.15, 0.2) is 40.2 Å². The number of rotatable bonds is 4. The summed E-state index contributed by atoms with van der Waals surface area (Å²) in [6.45, 7) is 4.09. The minimum absolute atomic E-state index is 0.0269. The summed E-state index contributed by atoms with van der Waals surface area (Å²) in [5, 5.41) is 5.12. The van der Waals surface area contributed by atoms with Crippen LogP contribution < -0.4 is 5.32 Å². The molecule has 0 radical (unpaired) electrons.